The lowest BCUT2D eigenvalue weighted by Crippen LogP contribution is -2.36. The number of carbonyl (C=O) groups excluding carboxylic acids is 3. The average Bonchev–Trinajstić information content (AvgIpc) is 3.22. The second-order valence-electron chi connectivity index (χ2n) is 8.55. The van der Waals surface area contributed by atoms with Gasteiger partial charge in [0.15, 0.2) is 0 Å². The van der Waals surface area contributed by atoms with Crippen molar-refractivity contribution in [3.63, 3.8) is 0 Å². The second kappa shape index (κ2) is 9.84. The van der Waals surface area contributed by atoms with Crippen molar-refractivity contribution in [1.82, 2.24) is 9.47 Å². The number of amides is 3. The van der Waals surface area contributed by atoms with Crippen LogP contribution in [0, 0.1) is 27.7 Å². The number of benzene rings is 2. The summed E-state index contributed by atoms with van der Waals surface area (Å²) in [6.07, 6.45) is 1.72. The van der Waals surface area contributed by atoms with E-state index in [0.717, 1.165) is 56.2 Å². The first-order valence-electron chi connectivity index (χ1n) is 11.1. The molecule has 2 aromatic carbocycles. The highest BCUT2D eigenvalue weighted by molar-refractivity contribution is 8.18. The van der Waals surface area contributed by atoms with Crippen molar-refractivity contribution in [3.05, 3.63) is 81.5 Å². The molecule has 7 nitrogen and oxygen atoms in total. The Bertz CT molecular complexity index is 1340. The third-order valence-electron chi connectivity index (χ3n) is 5.77. The van der Waals surface area contributed by atoms with E-state index < -0.39 is 17.1 Å². The number of aromatic nitrogens is 1. The van der Waals surface area contributed by atoms with E-state index in [1.165, 1.54) is 0 Å². The van der Waals surface area contributed by atoms with Crippen LogP contribution in [0.1, 0.15) is 28.1 Å². The maximum absolute atomic E-state index is 13.0. The molecule has 0 radical (unpaired) electrons. The van der Waals surface area contributed by atoms with Gasteiger partial charge in [0, 0.05) is 22.8 Å². The van der Waals surface area contributed by atoms with Crippen LogP contribution < -0.4 is 10.1 Å². The van der Waals surface area contributed by atoms with Crippen molar-refractivity contribution in [1.29, 1.82) is 0 Å². The van der Waals surface area contributed by atoms with Crippen LogP contribution in [0.3, 0.4) is 0 Å². The van der Waals surface area contributed by atoms with Gasteiger partial charge < -0.3 is 14.6 Å². The third kappa shape index (κ3) is 5.17. The molecule has 0 unspecified atom stereocenters. The molecular weight excluding hydrogens is 462 g/mol. The van der Waals surface area contributed by atoms with E-state index in [1.54, 1.807) is 13.2 Å². The summed E-state index contributed by atoms with van der Waals surface area (Å²) in [4.78, 5) is 39.4. The maximum Gasteiger partial charge on any atom is 0.294 e. The number of hydrogen-bond donors (Lipinski definition) is 1. The van der Waals surface area contributed by atoms with Crippen LogP contribution in [-0.2, 0) is 9.59 Å². The van der Waals surface area contributed by atoms with Crippen molar-refractivity contribution in [2.75, 3.05) is 19.0 Å². The van der Waals surface area contributed by atoms with Crippen LogP contribution in [0.5, 0.6) is 5.75 Å². The minimum atomic E-state index is -0.468. The number of imide groups is 1. The fourth-order valence-corrected chi connectivity index (χ4v) is 5.06. The molecule has 0 aliphatic carbocycles. The quantitative estimate of drug-likeness (QED) is 0.469. The minimum absolute atomic E-state index is 0.296. The third-order valence-corrected chi connectivity index (χ3v) is 6.68. The van der Waals surface area contributed by atoms with Crippen molar-refractivity contribution in [3.8, 4) is 11.4 Å². The van der Waals surface area contributed by atoms with Gasteiger partial charge in [0.05, 0.1) is 12.0 Å². The lowest BCUT2D eigenvalue weighted by molar-refractivity contribution is -0.127. The molecule has 2 heterocycles. The molecule has 180 valence electrons. The Labute approximate surface area is 208 Å². The van der Waals surface area contributed by atoms with Gasteiger partial charge >= 0.3 is 0 Å². The average molecular weight is 490 g/mol. The van der Waals surface area contributed by atoms with Crippen LogP contribution in [0.15, 0.2) is 53.4 Å². The Balaban J connectivity index is 1.52. The molecule has 0 saturated carbocycles. The van der Waals surface area contributed by atoms with E-state index in [1.807, 2.05) is 76.2 Å². The molecule has 35 heavy (non-hydrogen) atoms. The zero-order valence-corrected chi connectivity index (χ0v) is 21.2. The van der Waals surface area contributed by atoms with Crippen LogP contribution >= 0.6 is 11.8 Å². The molecule has 0 spiro atoms. The number of carbonyl (C=O) groups is 3. The fourth-order valence-electron chi connectivity index (χ4n) is 4.23. The van der Waals surface area contributed by atoms with Gasteiger partial charge in [-0.1, -0.05) is 6.07 Å². The molecule has 8 heteroatoms. The molecule has 1 aliphatic rings. The summed E-state index contributed by atoms with van der Waals surface area (Å²) in [6.45, 7) is 7.49. The number of hydrogen-bond acceptors (Lipinski definition) is 5. The molecule has 1 N–H and O–H groups in total. The number of anilines is 1. The highest BCUT2D eigenvalue weighted by Gasteiger charge is 2.36. The normalized spacial score (nSPS) is 14.7. The lowest BCUT2D eigenvalue weighted by Gasteiger charge is -2.13. The van der Waals surface area contributed by atoms with E-state index in [0.29, 0.717) is 10.6 Å². The summed E-state index contributed by atoms with van der Waals surface area (Å²) in [5.74, 6) is -0.118. The summed E-state index contributed by atoms with van der Waals surface area (Å²) in [5.41, 5.74) is 6.40. The van der Waals surface area contributed by atoms with Crippen LogP contribution in [0.25, 0.3) is 11.8 Å². The van der Waals surface area contributed by atoms with Crippen LogP contribution in [-0.4, -0.2) is 40.2 Å². The van der Waals surface area contributed by atoms with Gasteiger partial charge in [-0.3, -0.25) is 19.3 Å². The summed E-state index contributed by atoms with van der Waals surface area (Å²) in [7, 11) is 1.62. The van der Waals surface area contributed by atoms with Crippen molar-refractivity contribution < 1.29 is 19.1 Å². The lowest BCUT2D eigenvalue weighted by atomic mass is 10.1. The first-order chi connectivity index (χ1) is 16.7. The Morgan fingerprint density at radius 3 is 2.29 bits per heavy atom. The number of methoxy groups -OCH3 is 1. The minimum Gasteiger partial charge on any atom is -0.497 e. The van der Waals surface area contributed by atoms with E-state index in [2.05, 4.69) is 9.88 Å². The van der Waals surface area contributed by atoms with Gasteiger partial charge in [-0.05, 0) is 105 Å². The van der Waals surface area contributed by atoms with E-state index in [4.69, 9.17) is 4.74 Å². The van der Waals surface area contributed by atoms with E-state index in [-0.39, 0.29) is 6.54 Å². The Kier molecular flexibility index (Phi) is 6.84. The SMILES string of the molecule is COc1ccc(-n2c(C)cc(/C=C3\SC(=O)N(CC(=O)Nc4cc(C)cc(C)c4)C3=O)c2C)cc1. The van der Waals surface area contributed by atoms with Gasteiger partial charge in [-0.15, -0.1) is 0 Å². The van der Waals surface area contributed by atoms with Crippen LogP contribution in [0.2, 0.25) is 0 Å². The number of aryl methyl sites for hydroxylation is 3. The molecular formula is C27H27N3O4S. The standard InChI is InChI=1S/C27H27N3O4S/c1-16-10-17(2)12-21(11-16)28-25(31)15-29-26(32)24(35-27(29)33)14-20-13-18(3)30(19(20)4)22-6-8-23(34-5)9-7-22/h6-14H,15H2,1-5H3,(H,28,31)/b24-14-. The van der Waals surface area contributed by atoms with Crippen molar-refractivity contribution in [2.45, 2.75) is 27.7 Å². The number of nitrogens with zero attached hydrogens (tertiary/aromatic N) is 2. The summed E-state index contributed by atoms with van der Waals surface area (Å²) in [6, 6.07) is 15.4. The largest absolute Gasteiger partial charge is 0.497 e. The molecule has 3 aromatic rings. The smallest absolute Gasteiger partial charge is 0.294 e. The maximum atomic E-state index is 13.0. The van der Waals surface area contributed by atoms with Gasteiger partial charge in [-0.25, -0.2) is 0 Å². The Morgan fingerprint density at radius 1 is 1.00 bits per heavy atom. The molecule has 3 amide bonds. The summed E-state index contributed by atoms with van der Waals surface area (Å²) in [5, 5.41) is 2.32. The first kappa shape index (κ1) is 24.3. The Morgan fingerprint density at radius 2 is 1.66 bits per heavy atom. The molecule has 1 fully saturated rings. The van der Waals surface area contributed by atoms with Gasteiger partial charge in [-0.2, -0.15) is 0 Å². The summed E-state index contributed by atoms with van der Waals surface area (Å²) >= 11 is 0.847. The van der Waals surface area contributed by atoms with Crippen LogP contribution in [0.4, 0.5) is 10.5 Å². The molecule has 1 saturated heterocycles. The number of thioether (sulfide) groups is 1. The molecule has 0 atom stereocenters. The number of ether oxygens (including phenoxy) is 1. The van der Waals surface area contributed by atoms with E-state index in [9.17, 15) is 14.4 Å². The highest BCUT2D eigenvalue weighted by atomic mass is 32.2. The molecule has 4 rings (SSSR count). The second-order valence-corrected chi connectivity index (χ2v) is 9.55. The van der Waals surface area contributed by atoms with Gasteiger partial charge in [0.1, 0.15) is 12.3 Å². The molecule has 1 aliphatic heterocycles. The van der Waals surface area contributed by atoms with Crippen molar-refractivity contribution >= 4 is 40.6 Å². The monoisotopic (exact) mass is 489 g/mol. The predicted molar refractivity (Wildman–Crippen MR) is 139 cm³/mol. The first-order valence-corrected chi connectivity index (χ1v) is 11.9. The van der Waals surface area contributed by atoms with Gasteiger partial charge in [0.25, 0.3) is 11.1 Å². The van der Waals surface area contributed by atoms with E-state index >= 15 is 0 Å². The fraction of sp³-hybridized carbons (Fsp3) is 0.222. The number of rotatable bonds is 6. The topological polar surface area (TPSA) is 80.6 Å². The molecule has 1 aromatic heterocycles. The summed E-state index contributed by atoms with van der Waals surface area (Å²) < 4.78 is 7.31. The predicted octanol–water partition coefficient (Wildman–Crippen LogP) is 5.39. The molecule has 0 bridgehead atoms. The number of nitrogens with one attached hydrogen (secondary N) is 1. The van der Waals surface area contributed by atoms with Crippen molar-refractivity contribution in [2.24, 2.45) is 0 Å². The highest BCUT2D eigenvalue weighted by Crippen LogP contribution is 2.34. The zero-order chi connectivity index (χ0) is 25.3. The zero-order valence-electron chi connectivity index (χ0n) is 20.3. The Hall–Kier alpha value is -3.78. The van der Waals surface area contributed by atoms with Gasteiger partial charge in [0.2, 0.25) is 5.91 Å².